The van der Waals surface area contributed by atoms with E-state index in [-0.39, 0.29) is 11.6 Å². The number of methoxy groups -OCH3 is 2. The van der Waals surface area contributed by atoms with Crippen LogP contribution in [0.25, 0.3) is 0 Å². The molecule has 2 N–H and O–H groups in total. The number of hydrogen-bond acceptors (Lipinski definition) is 6. The smallest absolute Gasteiger partial charge is 0.315 e. The minimum absolute atomic E-state index is 0.185. The number of ether oxygens (including phenoxy) is 3. The van der Waals surface area contributed by atoms with E-state index in [1.807, 2.05) is 110 Å². The zero-order valence-electron chi connectivity index (χ0n) is 28.9. The highest BCUT2D eigenvalue weighted by atomic mass is 19.3. The van der Waals surface area contributed by atoms with Crippen LogP contribution in [0, 0.1) is 12.7 Å². The van der Waals surface area contributed by atoms with E-state index in [4.69, 9.17) is 14.2 Å². The summed E-state index contributed by atoms with van der Waals surface area (Å²) in [6, 6.07) is 35.9. The highest BCUT2D eigenvalue weighted by Gasteiger charge is 2.67. The van der Waals surface area contributed by atoms with E-state index in [0.29, 0.717) is 17.2 Å². The van der Waals surface area contributed by atoms with Crippen molar-refractivity contribution in [2.45, 2.75) is 50.3 Å². The lowest BCUT2D eigenvalue weighted by Gasteiger charge is -2.49. The average Bonchev–Trinajstić information content (AvgIpc) is 3.12. The largest absolute Gasteiger partial charge is 0.497 e. The molecule has 50 heavy (non-hydrogen) atoms. The van der Waals surface area contributed by atoms with Crippen molar-refractivity contribution < 1.29 is 27.4 Å². The molecule has 0 bridgehead atoms. The van der Waals surface area contributed by atoms with Gasteiger partial charge < -0.3 is 24.8 Å². The van der Waals surface area contributed by atoms with Crippen LogP contribution in [-0.4, -0.2) is 31.7 Å². The molecule has 0 fully saturated rings. The predicted molar refractivity (Wildman–Crippen MR) is 191 cm³/mol. The number of alkyl halides is 2. The maximum atomic E-state index is 16.8. The van der Waals surface area contributed by atoms with Gasteiger partial charge in [-0.2, -0.15) is 8.78 Å². The Morgan fingerprint density at radius 2 is 1.24 bits per heavy atom. The van der Waals surface area contributed by atoms with Gasteiger partial charge in [-0.15, -0.1) is 0 Å². The molecule has 0 amide bonds. The minimum Gasteiger partial charge on any atom is -0.497 e. The lowest BCUT2D eigenvalue weighted by atomic mass is 9.76. The maximum absolute atomic E-state index is 16.8. The summed E-state index contributed by atoms with van der Waals surface area (Å²) in [5.41, 5.74) is -1.66. The molecule has 0 unspecified atom stereocenters. The van der Waals surface area contributed by atoms with Crippen molar-refractivity contribution in [2.75, 3.05) is 19.5 Å². The summed E-state index contributed by atoms with van der Waals surface area (Å²) in [7, 11) is 3.17. The number of amidine groups is 1. The Labute approximate surface area is 291 Å². The zero-order valence-corrected chi connectivity index (χ0v) is 28.9. The second-order valence-electron chi connectivity index (χ2n) is 13.0. The molecule has 0 saturated carbocycles. The molecule has 1 atom stereocenters. The number of nitrogens with one attached hydrogen (secondary N) is 2. The molecule has 0 aliphatic carbocycles. The van der Waals surface area contributed by atoms with Gasteiger partial charge in [0.15, 0.2) is 0 Å². The first kappa shape index (κ1) is 34.4. The van der Waals surface area contributed by atoms with Crippen LogP contribution in [0.15, 0.2) is 126 Å². The topological polar surface area (TPSA) is 64.1 Å². The standard InChI is InChI=1S/C41H40F3N3O3/c1-27-12-10-11-15-36(27)45-31-20-25-35(42)34(26-31)39(4)41(43,44)38(2,3)46-37(50-39)47-40(28-13-8-7-9-14-28,29-16-21-32(48-5)22-17-29)30-18-23-33(49-6)24-19-30/h7-26,45H,1-6H3,(H,46,47)/t39-/m1/s1. The summed E-state index contributed by atoms with van der Waals surface area (Å²) in [5.74, 6) is -3.22. The van der Waals surface area contributed by atoms with Gasteiger partial charge >= 0.3 is 5.92 Å². The Morgan fingerprint density at radius 1 is 0.700 bits per heavy atom. The van der Waals surface area contributed by atoms with Gasteiger partial charge in [-0.1, -0.05) is 72.8 Å². The van der Waals surface area contributed by atoms with Crippen molar-refractivity contribution in [1.82, 2.24) is 5.32 Å². The predicted octanol–water partition coefficient (Wildman–Crippen LogP) is 9.49. The van der Waals surface area contributed by atoms with E-state index in [9.17, 15) is 0 Å². The van der Waals surface area contributed by atoms with Gasteiger partial charge in [0.1, 0.15) is 28.4 Å². The first-order valence-electron chi connectivity index (χ1n) is 16.3. The molecule has 0 radical (unpaired) electrons. The van der Waals surface area contributed by atoms with Gasteiger partial charge in [0.05, 0.1) is 14.2 Å². The molecule has 6 nitrogen and oxygen atoms in total. The molecule has 1 aliphatic heterocycles. The van der Waals surface area contributed by atoms with Crippen molar-refractivity contribution >= 4 is 17.4 Å². The van der Waals surface area contributed by atoms with E-state index in [2.05, 4.69) is 15.6 Å². The summed E-state index contributed by atoms with van der Waals surface area (Å²) in [5, 5.41) is 6.71. The molecule has 5 aromatic carbocycles. The molecule has 1 aliphatic rings. The lowest BCUT2D eigenvalue weighted by molar-refractivity contribution is -0.217. The highest BCUT2D eigenvalue weighted by Crippen LogP contribution is 2.53. The van der Waals surface area contributed by atoms with Crippen LogP contribution in [-0.2, 0) is 15.9 Å². The van der Waals surface area contributed by atoms with E-state index >= 15 is 13.2 Å². The van der Waals surface area contributed by atoms with Gasteiger partial charge in [0, 0.05) is 16.9 Å². The number of anilines is 2. The van der Waals surface area contributed by atoms with Crippen LogP contribution in [0.1, 0.15) is 48.6 Å². The van der Waals surface area contributed by atoms with Crippen LogP contribution in [0.4, 0.5) is 24.5 Å². The SMILES string of the molecule is COc1ccc(C(NC2=NC(C)(C)C(F)(F)[C@@](C)(c3cc(Nc4ccccc4C)ccc3F)O2)(c2ccccc2)c2ccc(OC)cc2)cc1. The zero-order chi connectivity index (χ0) is 35.7. The molecule has 0 spiro atoms. The fourth-order valence-corrected chi connectivity index (χ4v) is 6.55. The van der Waals surface area contributed by atoms with Crippen molar-refractivity contribution in [3.05, 3.63) is 155 Å². The Kier molecular flexibility index (Phi) is 9.03. The van der Waals surface area contributed by atoms with Gasteiger partial charge in [-0.3, -0.25) is 0 Å². The summed E-state index contributed by atoms with van der Waals surface area (Å²) in [6.45, 7) is 5.79. The molecular weight excluding hydrogens is 639 g/mol. The average molecular weight is 680 g/mol. The molecule has 0 aromatic heterocycles. The van der Waals surface area contributed by atoms with Crippen molar-refractivity contribution in [3.63, 3.8) is 0 Å². The molecule has 258 valence electrons. The van der Waals surface area contributed by atoms with Gasteiger partial charge in [0.25, 0.3) is 6.02 Å². The number of hydrogen-bond donors (Lipinski definition) is 2. The van der Waals surface area contributed by atoms with Crippen LogP contribution < -0.4 is 20.1 Å². The quantitative estimate of drug-likeness (QED) is 0.152. The number of para-hydroxylation sites is 1. The second-order valence-corrected chi connectivity index (χ2v) is 13.0. The lowest BCUT2D eigenvalue weighted by Crippen LogP contribution is -2.64. The first-order chi connectivity index (χ1) is 23.8. The van der Waals surface area contributed by atoms with Crippen LogP contribution in [0.2, 0.25) is 0 Å². The Balaban J connectivity index is 1.52. The van der Waals surface area contributed by atoms with E-state index in [1.165, 1.54) is 39.0 Å². The Bertz CT molecular complexity index is 1950. The Morgan fingerprint density at radius 3 is 1.80 bits per heavy atom. The van der Waals surface area contributed by atoms with Crippen LogP contribution in [0.5, 0.6) is 11.5 Å². The molecule has 1 heterocycles. The normalized spacial score (nSPS) is 18.0. The molecular formula is C41H40F3N3O3. The first-order valence-corrected chi connectivity index (χ1v) is 16.3. The summed E-state index contributed by atoms with van der Waals surface area (Å²) in [4.78, 5) is 4.49. The van der Waals surface area contributed by atoms with Crippen molar-refractivity contribution in [2.24, 2.45) is 4.99 Å². The fourth-order valence-electron chi connectivity index (χ4n) is 6.55. The number of aryl methyl sites for hydroxylation is 1. The third-order valence-corrected chi connectivity index (χ3v) is 9.50. The third-order valence-electron chi connectivity index (χ3n) is 9.50. The van der Waals surface area contributed by atoms with E-state index in [0.717, 1.165) is 27.9 Å². The molecule has 9 heteroatoms. The number of benzene rings is 5. The maximum Gasteiger partial charge on any atom is 0.315 e. The van der Waals surface area contributed by atoms with E-state index in [1.54, 1.807) is 14.2 Å². The molecule has 0 saturated heterocycles. The Hall–Kier alpha value is -5.44. The minimum atomic E-state index is -3.66. The van der Waals surface area contributed by atoms with Crippen LogP contribution in [0.3, 0.4) is 0 Å². The third kappa shape index (κ3) is 5.91. The van der Waals surface area contributed by atoms with Crippen molar-refractivity contribution in [3.8, 4) is 11.5 Å². The monoisotopic (exact) mass is 679 g/mol. The van der Waals surface area contributed by atoms with Crippen LogP contribution >= 0.6 is 0 Å². The van der Waals surface area contributed by atoms with Gasteiger partial charge in [-0.25, -0.2) is 9.38 Å². The number of aliphatic imine (C=N–C) groups is 1. The summed E-state index contributed by atoms with van der Waals surface area (Å²) >= 11 is 0. The second kappa shape index (κ2) is 13.1. The number of nitrogens with zero attached hydrogens (tertiary/aromatic N) is 1. The van der Waals surface area contributed by atoms with Gasteiger partial charge in [0.2, 0.25) is 5.60 Å². The van der Waals surface area contributed by atoms with Crippen molar-refractivity contribution in [1.29, 1.82) is 0 Å². The fraction of sp³-hybridized carbons (Fsp3) is 0.244. The highest BCUT2D eigenvalue weighted by molar-refractivity contribution is 5.80. The van der Waals surface area contributed by atoms with E-state index < -0.39 is 28.4 Å². The molecule has 5 aromatic rings. The summed E-state index contributed by atoms with van der Waals surface area (Å²) < 4.78 is 66.7. The molecule has 6 rings (SSSR count). The number of rotatable bonds is 9. The number of halogens is 3. The summed E-state index contributed by atoms with van der Waals surface area (Å²) in [6.07, 6.45) is 0. The van der Waals surface area contributed by atoms with Gasteiger partial charge in [-0.05, 0) is 98.5 Å².